The molecule has 27 heavy (non-hydrogen) atoms. The first-order valence-electron chi connectivity index (χ1n) is 7.93. The molecule has 8 nitrogen and oxygen atoms in total. The summed E-state index contributed by atoms with van der Waals surface area (Å²) in [5.74, 6) is -1.08. The average Bonchev–Trinajstić information content (AvgIpc) is 2.65. The van der Waals surface area contributed by atoms with Crippen LogP contribution in [-0.4, -0.2) is 30.5 Å². The minimum Gasteiger partial charge on any atom is -0.495 e. The summed E-state index contributed by atoms with van der Waals surface area (Å²) in [4.78, 5) is 33.9. The number of anilines is 1. The van der Waals surface area contributed by atoms with Crippen LogP contribution in [0.4, 0.5) is 11.4 Å². The van der Waals surface area contributed by atoms with E-state index in [-0.39, 0.29) is 17.1 Å². The number of aryl methyl sites for hydroxylation is 1. The number of benzene rings is 2. The van der Waals surface area contributed by atoms with Gasteiger partial charge in [0.05, 0.1) is 17.7 Å². The molecule has 0 heterocycles. The van der Waals surface area contributed by atoms with Crippen LogP contribution < -0.4 is 10.1 Å². The zero-order valence-electron chi connectivity index (χ0n) is 14.8. The van der Waals surface area contributed by atoms with Crippen molar-refractivity contribution in [3.8, 4) is 5.75 Å². The summed E-state index contributed by atoms with van der Waals surface area (Å²) < 4.78 is 9.91. The Morgan fingerprint density at radius 1 is 1.19 bits per heavy atom. The predicted molar refractivity (Wildman–Crippen MR) is 99.5 cm³/mol. The van der Waals surface area contributed by atoms with E-state index in [9.17, 15) is 19.7 Å². The highest BCUT2D eigenvalue weighted by atomic mass is 16.6. The summed E-state index contributed by atoms with van der Waals surface area (Å²) in [6.45, 7) is 1.42. The molecular weight excluding hydrogens is 352 g/mol. The van der Waals surface area contributed by atoms with Crippen molar-refractivity contribution >= 4 is 29.3 Å². The third-order valence-electron chi connectivity index (χ3n) is 3.50. The fourth-order valence-electron chi connectivity index (χ4n) is 2.12. The van der Waals surface area contributed by atoms with Gasteiger partial charge in [-0.1, -0.05) is 29.8 Å². The fraction of sp³-hybridized carbons (Fsp3) is 0.158. The summed E-state index contributed by atoms with van der Waals surface area (Å²) in [6, 6.07) is 11.3. The third kappa shape index (κ3) is 5.96. The first-order valence-corrected chi connectivity index (χ1v) is 7.93. The standard InChI is InChI=1S/C19H18N2O6/c1-13-3-5-14(6-4-13)7-10-19(23)27-12-18(22)20-16-11-15(21(24)25)8-9-17(16)26-2/h3-11H,12H2,1-2H3,(H,20,22)/b10-7+. The van der Waals surface area contributed by atoms with Gasteiger partial charge in [0, 0.05) is 18.2 Å². The quantitative estimate of drug-likeness (QED) is 0.347. The van der Waals surface area contributed by atoms with E-state index >= 15 is 0 Å². The summed E-state index contributed by atoms with van der Waals surface area (Å²) in [6.07, 6.45) is 2.79. The van der Waals surface area contributed by atoms with Crippen molar-refractivity contribution in [2.45, 2.75) is 6.92 Å². The van der Waals surface area contributed by atoms with E-state index in [1.807, 2.05) is 31.2 Å². The van der Waals surface area contributed by atoms with Crippen LogP contribution >= 0.6 is 0 Å². The maximum absolute atomic E-state index is 11.9. The van der Waals surface area contributed by atoms with Crippen molar-refractivity contribution in [3.05, 3.63) is 69.8 Å². The van der Waals surface area contributed by atoms with E-state index in [0.29, 0.717) is 0 Å². The Morgan fingerprint density at radius 2 is 1.89 bits per heavy atom. The molecule has 0 aliphatic carbocycles. The molecule has 0 aliphatic heterocycles. The smallest absolute Gasteiger partial charge is 0.331 e. The van der Waals surface area contributed by atoms with E-state index in [1.54, 1.807) is 6.08 Å². The number of carbonyl (C=O) groups is 2. The van der Waals surface area contributed by atoms with Crippen LogP contribution in [0.2, 0.25) is 0 Å². The van der Waals surface area contributed by atoms with Gasteiger partial charge in [0.1, 0.15) is 5.75 Å². The van der Waals surface area contributed by atoms with Crippen LogP contribution in [0.5, 0.6) is 5.75 Å². The molecule has 0 saturated heterocycles. The molecule has 1 amide bonds. The van der Waals surface area contributed by atoms with Crippen molar-refractivity contribution in [2.75, 3.05) is 19.0 Å². The lowest BCUT2D eigenvalue weighted by Gasteiger charge is -2.09. The van der Waals surface area contributed by atoms with E-state index < -0.39 is 23.4 Å². The number of methoxy groups -OCH3 is 1. The number of nitro benzene ring substituents is 1. The number of nitrogens with one attached hydrogen (secondary N) is 1. The average molecular weight is 370 g/mol. The summed E-state index contributed by atoms with van der Waals surface area (Å²) in [5, 5.41) is 13.3. The largest absolute Gasteiger partial charge is 0.495 e. The first-order chi connectivity index (χ1) is 12.9. The molecule has 0 aromatic heterocycles. The van der Waals surface area contributed by atoms with Gasteiger partial charge in [0.2, 0.25) is 0 Å². The van der Waals surface area contributed by atoms with E-state index in [0.717, 1.165) is 17.2 Å². The molecule has 0 radical (unpaired) electrons. The number of carbonyl (C=O) groups excluding carboxylic acids is 2. The van der Waals surface area contributed by atoms with Gasteiger partial charge in [-0.15, -0.1) is 0 Å². The lowest BCUT2D eigenvalue weighted by Crippen LogP contribution is -2.20. The lowest BCUT2D eigenvalue weighted by atomic mass is 10.1. The van der Waals surface area contributed by atoms with Crippen LogP contribution in [-0.2, 0) is 14.3 Å². The van der Waals surface area contributed by atoms with Gasteiger partial charge in [0.25, 0.3) is 11.6 Å². The van der Waals surface area contributed by atoms with Crippen molar-refractivity contribution in [3.63, 3.8) is 0 Å². The van der Waals surface area contributed by atoms with Gasteiger partial charge >= 0.3 is 5.97 Å². The maximum atomic E-state index is 11.9. The van der Waals surface area contributed by atoms with Crippen LogP contribution in [0.25, 0.3) is 6.08 Å². The molecule has 0 spiro atoms. The Labute approximate surface area is 155 Å². The highest BCUT2D eigenvalue weighted by Gasteiger charge is 2.14. The Hall–Kier alpha value is -3.68. The van der Waals surface area contributed by atoms with E-state index in [2.05, 4.69) is 5.32 Å². The molecule has 0 bridgehead atoms. The van der Waals surface area contributed by atoms with Crippen LogP contribution in [0.15, 0.2) is 48.5 Å². The van der Waals surface area contributed by atoms with E-state index in [1.165, 1.54) is 25.3 Å². The second-order valence-electron chi connectivity index (χ2n) is 5.54. The molecule has 0 saturated carbocycles. The highest BCUT2D eigenvalue weighted by Crippen LogP contribution is 2.28. The Balaban J connectivity index is 1.92. The maximum Gasteiger partial charge on any atom is 0.331 e. The van der Waals surface area contributed by atoms with Crippen molar-refractivity contribution in [2.24, 2.45) is 0 Å². The number of hydrogen-bond donors (Lipinski definition) is 1. The van der Waals surface area contributed by atoms with Crippen LogP contribution in [0.3, 0.4) is 0 Å². The summed E-state index contributed by atoms with van der Waals surface area (Å²) in [5.41, 5.74) is 1.83. The van der Waals surface area contributed by atoms with Gasteiger partial charge in [-0.2, -0.15) is 0 Å². The Kier molecular flexibility index (Phi) is 6.65. The van der Waals surface area contributed by atoms with Crippen molar-refractivity contribution < 1.29 is 24.0 Å². The molecule has 2 aromatic rings. The van der Waals surface area contributed by atoms with Gasteiger partial charge in [-0.3, -0.25) is 14.9 Å². The Bertz CT molecular complexity index is 874. The second kappa shape index (κ2) is 9.14. The molecule has 140 valence electrons. The monoisotopic (exact) mass is 370 g/mol. The Morgan fingerprint density at radius 3 is 2.52 bits per heavy atom. The topological polar surface area (TPSA) is 108 Å². The van der Waals surface area contributed by atoms with Crippen molar-refractivity contribution in [1.82, 2.24) is 0 Å². The lowest BCUT2D eigenvalue weighted by molar-refractivity contribution is -0.384. The predicted octanol–water partition coefficient (Wildman–Crippen LogP) is 3.11. The minimum absolute atomic E-state index is 0.114. The minimum atomic E-state index is -0.684. The second-order valence-corrected chi connectivity index (χ2v) is 5.54. The molecule has 0 unspecified atom stereocenters. The third-order valence-corrected chi connectivity index (χ3v) is 3.50. The highest BCUT2D eigenvalue weighted by molar-refractivity contribution is 5.96. The molecule has 8 heteroatoms. The molecular formula is C19H18N2O6. The molecule has 2 rings (SSSR count). The number of nitro groups is 1. The summed E-state index contributed by atoms with van der Waals surface area (Å²) >= 11 is 0. The number of esters is 1. The fourth-order valence-corrected chi connectivity index (χ4v) is 2.12. The van der Waals surface area contributed by atoms with Crippen LogP contribution in [0, 0.1) is 17.0 Å². The number of hydrogen-bond acceptors (Lipinski definition) is 6. The van der Waals surface area contributed by atoms with Gasteiger partial charge in [0.15, 0.2) is 6.61 Å². The van der Waals surface area contributed by atoms with Crippen molar-refractivity contribution in [1.29, 1.82) is 0 Å². The van der Waals surface area contributed by atoms with Gasteiger partial charge in [-0.25, -0.2) is 4.79 Å². The van der Waals surface area contributed by atoms with Gasteiger partial charge in [-0.05, 0) is 24.6 Å². The molecule has 1 N–H and O–H groups in total. The van der Waals surface area contributed by atoms with E-state index in [4.69, 9.17) is 9.47 Å². The number of nitrogens with zero attached hydrogens (tertiary/aromatic N) is 1. The number of ether oxygens (including phenoxy) is 2. The number of rotatable bonds is 7. The zero-order valence-corrected chi connectivity index (χ0v) is 14.8. The normalized spacial score (nSPS) is 10.4. The number of non-ortho nitro benzene ring substituents is 1. The van der Waals surface area contributed by atoms with Crippen LogP contribution in [0.1, 0.15) is 11.1 Å². The molecule has 0 atom stereocenters. The number of amides is 1. The first kappa shape index (κ1) is 19.6. The molecule has 2 aromatic carbocycles. The summed E-state index contributed by atoms with van der Waals surface area (Å²) in [7, 11) is 1.37. The molecule has 0 fully saturated rings. The molecule has 0 aliphatic rings. The zero-order chi connectivity index (χ0) is 19.8. The SMILES string of the molecule is COc1ccc([N+](=O)[O-])cc1NC(=O)COC(=O)/C=C/c1ccc(C)cc1. The van der Waals surface area contributed by atoms with Gasteiger partial charge < -0.3 is 14.8 Å².